The number of benzene rings is 1. The molecule has 2 nitrogen and oxygen atoms in total. The van der Waals surface area contributed by atoms with Crippen molar-refractivity contribution in [3.05, 3.63) is 35.9 Å². The third kappa shape index (κ3) is 1.88. The van der Waals surface area contributed by atoms with E-state index in [-0.39, 0.29) is 0 Å². The normalized spacial score (nSPS) is 24.7. The van der Waals surface area contributed by atoms with E-state index in [1.807, 2.05) is 0 Å². The molecule has 98 valence electrons. The molecule has 18 heavy (non-hydrogen) atoms. The Bertz CT molecular complexity index is 377. The maximum absolute atomic E-state index is 5.94. The van der Waals surface area contributed by atoms with Crippen molar-refractivity contribution in [2.75, 3.05) is 0 Å². The Morgan fingerprint density at radius 1 is 1.06 bits per heavy atom. The SMILES string of the molecule is NNC(C1CCC1)C1(c2ccccc2)CCCC1. The predicted molar refractivity (Wildman–Crippen MR) is 75.0 cm³/mol. The van der Waals surface area contributed by atoms with Crippen molar-refractivity contribution < 1.29 is 0 Å². The first-order chi connectivity index (χ1) is 8.87. The number of rotatable bonds is 4. The van der Waals surface area contributed by atoms with Crippen LogP contribution in [-0.2, 0) is 5.41 Å². The third-order valence-electron chi connectivity index (χ3n) is 5.24. The fraction of sp³-hybridized carbons (Fsp3) is 0.625. The third-order valence-corrected chi connectivity index (χ3v) is 5.24. The standard InChI is InChI=1S/C16H24N2/c17-18-15(13-7-6-8-13)16(11-4-5-12-16)14-9-2-1-3-10-14/h1-3,9-10,13,15,18H,4-8,11-12,17H2. The van der Waals surface area contributed by atoms with Gasteiger partial charge in [0.2, 0.25) is 0 Å². The lowest BCUT2D eigenvalue weighted by atomic mass is 9.64. The topological polar surface area (TPSA) is 38.0 Å². The van der Waals surface area contributed by atoms with Crippen LogP contribution in [0.15, 0.2) is 30.3 Å². The summed E-state index contributed by atoms with van der Waals surface area (Å²) in [4.78, 5) is 0. The van der Waals surface area contributed by atoms with Gasteiger partial charge in [0.05, 0.1) is 0 Å². The molecule has 0 aromatic heterocycles. The number of hydrogen-bond donors (Lipinski definition) is 2. The lowest BCUT2D eigenvalue weighted by molar-refractivity contribution is 0.148. The van der Waals surface area contributed by atoms with Crippen LogP contribution < -0.4 is 11.3 Å². The molecular weight excluding hydrogens is 220 g/mol. The molecule has 0 heterocycles. The lowest BCUT2D eigenvalue weighted by Gasteiger charge is -2.45. The highest BCUT2D eigenvalue weighted by atomic mass is 15.2. The van der Waals surface area contributed by atoms with Gasteiger partial charge in [0.15, 0.2) is 0 Å². The van der Waals surface area contributed by atoms with Crippen molar-refractivity contribution in [3.8, 4) is 0 Å². The zero-order valence-corrected chi connectivity index (χ0v) is 11.1. The summed E-state index contributed by atoms with van der Waals surface area (Å²) in [5, 5.41) is 0. The van der Waals surface area contributed by atoms with E-state index in [4.69, 9.17) is 5.84 Å². The zero-order chi connectivity index (χ0) is 12.4. The molecule has 2 heteroatoms. The van der Waals surface area contributed by atoms with Crippen LogP contribution in [0.4, 0.5) is 0 Å². The Labute approximate surface area is 110 Å². The molecule has 1 atom stereocenters. The van der Waals surface area contributed by atoms with Crippen molar-refractivity contribution in [3.63, 3.8) is 0 Å². The molecule has 1 aromatic rings. The Morgan fingerprint density at radius 2 is 1.72 bits per heavy atom. The van der Waals surface area contributed by atoms with Gasteiger partial charge in [-0.3, -0.25) is 11.3 Å². The maximum Gasteiger partial charge on any atom is 0.0335 e. The molecule has 3 N–H and O–H groups in total. The Hall–Kier alpha value is -0.860. The van der Waals surface area contributed by atoms with Gasteiger partial charge in [-0.2, -0.15) is 0 Å². The van der Waals surface area contributed by atoms with Gasteiger partial charge < -0.3 is 0 Å². The Kier molecular flexibility index (Phi) is 3.40. The van der Waals surface area contributed by atoms with E-state index in [9.17, 15) is 0 Å². The molecule has 0 bridgehead atoms. The van der Waals surface area contributed by atoms with Crippen molar-refractivity contribution in [2.24, 2.45) is 11.8 Å². The van der Waals surface area contributed by atoms with E-state index in [0.29, 0.717) is 11.5 Å². The van der Waals surface area contributed by atoms with Crippen molar-refractivity contribution in [1.82, 2.24) is 5.43 Å². The molecule has 0 amide bonds. The van der Waals surface area contributed by atoms with Crippen molar-refractivity contribution >= 4 is 0 Å². The van der Waals surface area contributed by atoms with Crippen LogP contribution in [0.2, 0.25) is 0 Å². The molecular formula is C16H24N2. The molecule has 2 aliphatic carbocycles. The second-order valence-corrected chi connectivity index (χ2v) is 6.06. The second kappa shape index (κ2) is 5.02. The van der Waals surface area contributed by atoms with Crippen molar-refractivity contribution in [1.29, 1.82) is 0 Å². The fourth-order valence-corrected chi connectivity index (χ4v) is 4.08. The predicted octanol–water partition coefficient (Wildman–Crippen LogP) is 3.13. The van der Waals surface area contributed by atoms with E-state index in [1.165, 1.54) is 50.5 Å². The summed E-state index contributed by atoms with van der Waals surface area (Å²) in [6, 6.07) is 11.5. The van der Waals surface area contributed by atoms with Crippen LogP contribution in [0.25, 0.3) is 0 Å². The summed E-state index contributed by atoms with van der Waals surface area (Å²) in [6.45, 7) is 0. The average Bonchev–Trinajstić information content (AvgIpc) is 2.85. The Morgan fingerprint density at radius 3 is 2.22 bits per heavy atom. The van der Waals surface area contributed by atoms with Gasteiger partial charge in [0, 0.05) is 11.5 Å². The van der Waals surface area contributed by atoms with E-state index in [0.717, 1.165) is 5.92 Å². The van der Waals surface area contributed by atoms with Gasteiger partial charge in [-0.25, -0.2) is 0 Å². The summed E-state index contributed by atoms with van der Waals surface area (Å²) in [7, 11) is 0. The summed E-state index contributed by atoms with van der Waals surface area (Å²) >= 11 is 0. The number of hydrazine groups is 1. The minimum Gasteiger partial charge on any atom is -0.271 e. The van der Waals surface area contributed by atoms with Gasteiger partial charge in [0.25, 0.3) is 0 Å². The Balaban J connectivity index is 1.95. The van der Waals surface area contributed by atoms with Crippen LogP contribution in [-0.4, -0.2) is 6.04 Å². The van der Waals surface area contributed by atoms with E-state index in [2.05, 4.69) is 35.8 Å². The minimum atomic E-state index is 0.293. The molecule has 2 fully saturated rings. The quantitative estimate of drug-likeness (QED) is 0.631. The minimum absolute atomic E-state index is 0.293. The van der Waals surface area contributed by atoms with Gasteiger partial charge in [-0.05, 0) is 37.2 Å². The number of nitrogens with two attached hydrogens (primary N) is 1. The van der Waals surface area contributed by atoms with Crippen molar-refractivity contribution in [2.45, 2.75) is 56.4 Å². The molecule has 3 rings (SSSR count). The summed E-state index contributed by atoms with van der Waals surface area (Å²) < 4.78 is 0. The summed E-state index contributed by atoms with van der Waals surface area (Å²) in [5.74, 6) is 6.72. The largest absolute Gasteiger partial charge is 0.271 e. The van der Waals surface area contributed by atoms with E-state index in [1.54, 1.807) is 0 Å². The summed E-state index contributed by atoms with van der Waals surface area (Å²) in [5.41, 5.74) is 4.98. The fourth-order valence-electron chi connectivity index (χ4n) is 4.08. The van der Waals surface area contributed by atoms with Crippen LogP contribution >= 0.6 is 0 Å². The van der Waals surface area contributed by atoms with Crippen LogP contribution in [0.1, 0.15) is 50.5 Å². The van der Waals surface area contributed by atoms with E-state index >= 15 is 0 Å². The highest BCUT2D eigenvalue weighted by molar-refractivity contribution is 5.30. The van der Waals surface area contributed by atoms with Gasteiger partial charge in [-0.1, -0.05) is 49.6 Å². The van der Waals surface area contributed by atoms with Gasteiger partial charge in [-0.15, -0.1) is 0 Å². The smallest absolute Gasteiger partial charge is 0.0335 e. The van der Waals surface area contributed by atoms with Crippen LogP contribution in [0.3, 0.4) is 0 Å². The first-order valence-electron chi connectivity index (χ1n) is 7.38. The molecule has 2 saturated carbocycles. The highest BCUT2D eigenvalue weighted by Crippen LogP contribution is 2.48. The number of nitrogens with one attached hydrogen (secondary N) is 1. The number of hydrogen-bond acceptors (Lipinski definition) is 2. The molecule has 0 spiro atoms. The van der Waals surface area contributed by atoms with Crippen LogP contribution in [0, 0.1) is 5.92 Å². The zero-order valence-electron chi connectivity index (χ0n) is 11.1. The van der Waals surface area contributed by atoms with Gasteiger partial charge >= 0.3 is 0 Å². The summed E-state index contributed by atoms with van der Waals surface area (Å²) in [6.07, 6.45) is 9.37. The van der Waals surface area contributed by atoms with E-state index < -0.39 is 0 Å². The molecule has 0 saturated heterocycles. The first-order valence-corrected chi connectivity index (χ1v) is 7.38. The van der Waals surface area contributed by atoms with Gasteiger partial charge in [0.1, 0.15) is 0 Å². The molecule has 1 aromatic carbocycles. The maximum atomic E-state index is 5.94. The monoisotopic (exact) mass is 244 g/mol. The van der Waals surface area contributed by atoms with Crippen LogP contribution in [0.5, 0.6) is 0 Å². The second-order valence-electron chi connectivity index (χ2n) is 6.06. The molecule has 1 unspecified atom stereocenters. The lowest BCUT2D eigenvalue weighted by Crippen LogP contribution is -2.55. The molecule has 0 radical (unpaired) electrons. The highest BCUT2D eigenvalue weighted by Gasteiger charge is 2.46. The average molecular weight is 244 g/mol. The molecule has 2 aliphatic rings. The first kappa shape index (κ1) is 12.2. The molecule has 0 aliphatic heterocycles.